The van der Waals surface area contributed by atoms with E-state index in [0.717, 1.165) is 13.1 Å². The van der Waals surface area contributed by atoms with Gasteiger partial charge in [-0.1, -0.05) is 12.1 Å². The number of nitrogens with zero attached hydrogens (tertiary/aromatic N) is 1. The molecule has 1 aromatic heterocycles. The highest BCUT2D eigenvalue weighted by atomic mass is 15.2. The molecule has 2 heterocycles. The maximum atomic E-state index is 3.58. The molecular weight excluding hydrogens is 234 g/mol. The van der Waals surface area contributed by atoms with Crippen molar-refractivity contribution in [1.29, 1.82) is 0 Å². The molecular formula is C16H23N3. The van der Waals surface area contributed by atoms with Crippen LogP contribution >= 0.6 is 0 Å². The summed E-state index contributed by atoms with van der Waals surface area (Å²) in [7, 11) is 0. The number of hydrogen-bond donors (Lipinski definition) is 2. The molecule has 0 aliphatic carbocycles. The molecule has 1 aromatic carbocycles. The SMILES string of the molecule is CC(CNCc1ccc2cc[nH]c2c1)N1CCCC1. The summed E-state index contributed by atoms with van der Waals surface area (Å²) in [6.45, 7) is 6.90. The van der Waals surface area contributed by atoms with Crippen LogP contribution in [0.4, 0.5) is 0 Å². The molecule has 2 aromatic rings. The predicted molar refractivity (Wildman–Crippen MR) is 80.3 cm³/mol. The zero-order chi connectivity index (χ0) is 13.1. The van der Waals surface area contributed by atoms with Crippen molar-refractivity contribution in [1.82, 2.24) is 15.2 Å². The number of hydrogen-bond acceptors (Lipinski definition) is 2. The Hall–Kier alpha value is -1.32. The summed E-state index contributed by atoms with van der Waals surface area (Å²) in [6.07, 6.45) is 4.74. The Kier molecular flexibility index (Phi) is 3.85. The van der Waals surface area contributed by atoms with Crippen molar-refractivity contribution >= 4 is 10.9 Å². The molecule has 1 fully saturated rings. The van der Waals surface area contributed by atoms with Crippen molar-refractivity contribution in [2.75, 3.05) is 19.6 Å². The first-order valence-corrected chi connectivity index (χ1v) is 7.34. The van der Waals surface area contributed by atoms with Crippen molar-refractivity contribution in [3.63, 3.8) is 0 Å². The molecule has 0 amide bonds. The molecule has 19 heavy (non-hydrogen) atoms. The lowest BCUT2D eigenvalue weighted by Crippen LogP contribution is -2.38. The predicted octanol–water partition coefficient (Wildman–Crippen LogP) is 2.74. The smallest absolute Gasteiger partial charge is 0.0457 e. The lowest BCUT2D eigenvalue weighted by Gasteiger charge is -2.23. The number of nitrogens with one attached hydrogen (secondary N) is 2. The molecule has 1 aliphatic heterocycles. The molecule has 0 saturated carbocycles. The molecule has 0 bridgehead atoms. The van der Waals surface area contributed by atoms with E-state index in [4.69, 9.17) is 0 Å². The molecule has 0 spiro atoms. The van der Waals surface area contributed by atoms with Gasteiger partial charge < -0.3 is 10.3 Å². The van der Waals surface area contributed by atoms with E-state index in [9.17, 15) is 0 Å². The highest BCUT2D eigenvalue weighted by molar-refractivity contribution is 5.79. The topological polar surface area (TPSA) is 31.1 Å². The third kappa shape index (κ3) is 2.99. The van der Waals surface area contributed by atoms with E-state index in [-0.39, 0.29) is 0 Å². The summed E-state index contributed by atoms with van der Waals surface area (Å²) in [5.41, 5.74) is 2.58. The van der Waals surface area contributed by atoms with Gasteiger partial charge in [-0.2, -0.15) is 0 Å². The van der Waals surface area contributed by atoms with Crippen LogP contribution in [-0.4, -0.2) is 35.6 Å². The van der Waals surface area contributed by atoms with E-state index in [2.05, 4.69) is 46.4 Å². The minimum atomic E-state index is 0.650. The van der Waals surface area contributed by atoms with E-state index in [1.165, 1.54) is 42.4 Å². The number of likely N-dealkylation sites (tertiary alicyclic amines) is 1. The van der Waals surface area contributed by atoms with Crippen molar-refractivity contribution in [2.24, 2.45) is 0 Å². The Labute approximate surface area is 115 Å². The minimum Gasteiger partial charge on any atom is -0.361 e. The van der Waals surface area contributed by atoms with Gasteiger partial charge in [0.25, 0.3) is 0 Å². The average Bonchev–Trinajstić information content (AvgIpc) is 3.09. The summed E-state index contributed by atoms with van der Waals surface area (Å²) < 4.78 is 0. The molecule has 2 N–H and O–H groups in total. The van der Waals surface area contributed by atoms with Gasteiger partial charge in [-0.25, -0.2) is 0 Å². The number of aromatic nitrogens is 1. The van der Waals surface area contributed by atoms with Crippen LogP contribution in [0.2, 0.25) is 0 Å². The number of rotatable bonds is 5. The Morgan fingerprint density at radius 1 is 1.26 bits per heavy atom. The van der Waals surface area contributed by atoms with E-state index < -0.39 is 0 Å². The van der Waals surface area contributed by atoms with Crippen LogP contribution in [0.15, 0.2) is 30.5 Å². The van der Waals surface area contributed by atoms with Gasteiger partial charge in [0.2, 0.25) is 0 Å². The fourth-order valence-electron chi connectivity index (χ4n) is 2.94. The minimum absolute atomic E-state index is 0.650. The van der Waals surface area contributed by atoms with Gasteiger partial charge in [-0.3, -0.25) is 4.90 Å². The van der Waals surface area contributed by atoms with Gasteiger partial charge in [-0.15, -0.1) is 0 Å². The van der Waals surface area contributed by atoms with E-state index in [0.29, 0.717) is 6.04 Å². The fourth-order valence-corrected chi connectivity index (χ4v) is 2.94. The Balaban J connectivity index is 1.51. The van der Waals surface area contributed by atoms with Gasteiger partial charge >= 0.3 is 0 Å². The summed E-state index contributed by atoms with van der Waals surface area (Å²) in [4.78, 5) is 5.85. The highest BCUT2D eigenvalue weighted by Crippen LogP contribution is 2.14. The molecule has 1 aliphatic rings. The zero-order valence-corrected chi connectivity index (χ0v) is 11.7. The molecule has 1 unspecified atom stereocenters. The second kappa shape index (κ2) is 5.76. The van der Waals surface area contributed by atoms with E-state index in [1.807, 2.05) is 6.20 Å². The first-order valence-electron chi connectivity index (χ1n) is 7.34. The largest absolute Gasteiger partial charge is 0.361 e. The molecule has 3 nitrogen and oxygen atoms in total. The quantitative estimate of drug-likeness (QED) is 0.863. The van der Waals surface area contributed by atoms with Crippen LogP contribution in [0, 0.1) is 0 Å². The third-order valence-electron chi connectivity index (χ3n) is 4.15. The normalized spacial score (nSPS) is 18.2. The van der Waals surface area contributed by atoms with Crippen LogP contribution < -0.4 is 5.32 Å². The van der Waals surface area contributed by atoms with Crippen molar-refractivity contribution in [3.8, 4) is 0 Å². The van der Waals surface area contributed by atoms with Crippen molar-refractivity contribution < 1.29 is 0 Å². The van der Waals surface area contributed by atoms with Crippen molar-refractivity contribution in [2.45, 2.75) is 32.4 Å². The van der Waals surface area contributed by atoms with Crippen LogP contribution in [-0.2, 0) is 6.54 Å². The molecule has 3 heteroatoms. The molecule has 102 valence electrons. The van der Waals surface area contributed by atoms with E-state index >= 15 is 0 Å². The summed E-state index contributed by atoms with van der Waals surface area (Å²) in [6, 6.07) is 9.40. The van der Waals surface area contributed by atoms with Gasteiger partial charge in [0, 0.05) is 30.8 Å². The van der Waals surface area contributed by atoms with Gasteiger partial charge in [-0.05, 0) is 55.9 Å². The first kappa shape index (κ1) is 12.7. The zero-order valence-electron chi connectivity index (χ0n) is 11.7. The molecule has 1 atom stereocenters. The molecule has 1 saturated heterocycles. The second-order valence-corrected chi connectivity index (χ2v) is 5.62. The van der Waals surface area contributed by atoms with Gasteiger partial charge in [0.05, 0.1) is 0 Å². The number of fused-ring (bicyclic) bond motifs is 1. The van der Waals surface area contributed by atoms with Crippen molar-refractivity contribution in [3.05, 3.63) is 36.0 Å². The summed E-state index contributed by atoms with van der Waals surface area (Å²) >= 11 is 0. The average molecular weight is 257 g/mol. The monoisotopic (exact) mass is 257 g/mol. The number of H-pyrrole nitrogens is 1. The van der Waals surface area contributed by atoms with Crippen LogP contribution in [0.5, 0.6) is 0 Å². The number of aromatic amines is 1. The summed E-state index contributed by atoms with van der Waals surface area (Å²) in [5.74, 6) is 0. The third-order valence-corrected chi connectivity index (χ3v) is 4.15. The van der Waals surface area contributed by atoms with Gasteiger partial charge in [0.15, 0.2) is 0 Å². The lowest BCUT2D eigenvalue weighted by atomic mass is 10.1. The lowest BCUT2D eigenvalue weighted by molar-refractivity contribution is 0.251. The van der Waals surface area contributed by atoms with E-state index in [1.54, 1.807) is 0 Å². The Morgan fingerprint density at radius 2 is 2.11 bits per heavy atom. The first-order chi connectivity index (χ1) is 9.33. The number of benzene rings is 1. The Morgan fingerprint density at radius 3 is 2.95 bits per heavy atom. The highest BCUT2D eigenvalue weighted by Gasteiger charge is 2.17. The maximum Gasteiger partial charge on any atom is 0.0457 e. The van der Waals surface area contributed by atoms with Crippen LogP contribution in [0.25, 0.3) is 10.9 Å². The van der Waals surface area contributed by atoms with Crippen LogP contribution in [0.3, 0.4) is 0 Å². The van der Waals surface area contributed by atoms with Crippen LogP contribution in [0.1, 0.15) is 25.3 Å². The maximum absolute atomic E-state index is 3.58. The Bertz CT molecular complexity index is 526. The molecule has 0 radical (unpaired) electrons. The fraction of sp³-hybridized carbons (Fsp3) is 0.500. The second-order valence-electron chi connectivity index (χ2n) is 5.62. The standard InChI is InChI=1S/C16H23N3/c1-13(19-8-2-3-9-19)11-17-12-14-4-5-15-6-7-18-16(15)10-14/h4-7,10,13,17-18H,2-3,8-9,11-12H2,1H3. The summed E-state index contributed by atoms with van der Waals surface area (Å²) in [5, 5.41) is 4.87. The molecule has 3 rings (SSSR count). The van der Waals surface area contributed by atoms with Gasteiger partial charge in [0.1, 0.15) is 0 Å².